The lowest BCUT2D eigenvalue weighted by Crippen LogP contribution is -2.25. The topological polar surface area (TPSA) is 26.9 Å². The number of hydrogen-bond donors (Lipinski definition) is 0. The minimum absolute atomic E-state index is 0.213. The Morgan fingerprint density at radius 2 is 2.00 bits per heavy atom. The predicted octanol–water partition coefficient (Wildman–Crippen LogP) is 1.94. The highest BCUT2D eigenvalue weighted by Gasteiger charge is 2.28. The van der Waals surface area contributed by atoms with Crippen LogP contribution in [0.1, 0.15) is 25.3 Å². The van der Waals surface area contributed by atoms with Gasteiger partial charge in [-0.1, -0.05) is 0 Å². The summed E-state index contributed by atoms with van der Waals surface area (Å²) >= 11 is 0. The lowest BCUT2D eigenvalue weighted by Gasteiger charge is -2.05. The maximum atomic E-state index is 11.9. The highest BCUT2D eigenvalue weighted by Crippen LogP contribution is 2.33. The van der Waals surface area contributed by atoms with Crippen LogP contribution in [0.5, 0.6) is 0 Å². The number of hydrogen-bond acceptors (Lipinski definition) is 1. The summed E-state index contributed by atoms with van der Waals surface area (Å²) < 4.78 is 38.4. The molecule has 0 N–H and O–H groups in total. The molecule has 1 aromatic heterocycles. The Balaban J connectivity index is 2.06. The van der Waals surface area contributed by atoms with Crippen LogP contribution in [0.15, 0.2) is 17.2 Å². The van der Waals surface area contributed by atoms with Crippen LogP contribution in [0.4, 0.5) is 13.2 Å². The van der Waals surface area contributed by atoms with E-state index in [2.05, 4.69) is 0 Å². The number of nitrogens with zero attached hydrogens (tertiary/aromatic N) is 2. The van der Waals surface area contributed by atoms with E-state index in [4.69, 9.17) is 0 Å². The molecule has 1 heterocycles. The van der Waals surface area contributed by atoms with Gasteiger partial charge in [0.15, 0.2) is 0 Å². The Labute approximate surface area is 84.1 Å². The van der Waals surface area contributed by atoms with Crippen molar-refractivity contribution in [2.75, 3.05) is 0 Å². The molecule has 6 heteroatoms. The first-order chi connectivity index (χ1) is 6.97. The van der Waals surface area contributed by atoms with Crippen LogP contribution in [0.2, 0.25) is 0 Å². The summed E-state index contributed by atoms with van der Waals surface area (Å²) in [5, 5.41) is 0. The van der Waals surface area contributed by atoms with Gasteiger partial charge in [0.05, 0.1) is 6.42 Å². The van der Waals surface area contributed by atoms with Gasteiger partial charge >= 0.3 is 11.9 Å². The second-order valence-electron chi connectivity index (χ2n) is 3.78. The summed E-state index contributed by atoms with van der Waals surface area (Å²) in [6, 6.07) is 0.213. The van der Waals surface area contributed by atoms with Gasteiger partial charge in [0, 0.05) is 25.0 Å². The molecule has 0 atom stereocenters. The summed E-state index contributed by atoms with van der Waals surface area (Å²) in [4.78, 5) is 11.5. The first kappa shape index (κ1) is 10.3. The molecule has 1 aromatic rings. The average molecular weight is 220 g/mol. The van der Waals surface area contributed by atoms with E-state index in [-0.39, 0.29) is 18.3 Å². The zero-order valence-corrected chi connectivity index (χ0v) is 8.00. The molecule has 1 aliphatic carbocycles. The standard InChI is InChI=1S/C9H11F3N2O/c10-9(11,12)3-4-13-5-6-14(8(13)15)7-1-2-7/h5-7H,1-4H2. The Kier molecular flexibility index (Phi) is 2.36. The molecule has 0 spiro atoms. The average Bonchev–Trinajstić information content (AvgIpc) is 2.88. The van der Waals surface area contributed by atoms with Crippen LogP contribution < -0.4 is 5.69 Å². The molecular formula is C9H11F3N2O. The Morgan fingerprint density at radius 3 is 2.53 bits per heavy atom. The molecule has 0 unspecified atom stereocenters. The Bertz CT molecular complexity index is 400. The minimum atomic E-state index is -4.21. The first-order valence-corrected chi connectivity index (χ1v) is 4.81. The van der Waals surface area contributed by atoms with E-state index >= 15 is 0 Å². The molecule has 0 aliphatic heterocycles. The fraction of sp³-hybridized carbons (Fsp3) is 0.667. The maximum absolute atomic E-state index is 11.9. The normalized spacial score (nSPS) is 17.0. The molecule has 0 bridgehead atoms. The number of halogens is 3. The van der Waals surface area contributed by atoms with Gasteiger partial charge in [-0.2, -0.15) is 13.2 Å². The van der Waals surface area contributed by atoms with E-state index in [1.807, 2.05) is 0 Å². The SMILES string of the molecule is O=c1n(CCC(F)(F)F)ccn1C1CC1. The minimum Gasteiger partial charge on any atom is -0.299 e. The van der Waals surface area contributed by atoms with Gasteiger partial charge in [-0.3, -0.25) is 9.13 Å². The van der Waals surface area contributed by atoms with Crippen LogP contribution in [0, 0.1) is 0 Å². The van der Waals surface area contributed by atoms with E-state index in [1.165, 1.54) is 10.8 Å². The van der Waals surface area contributed by atoms with Crippen molar-refractivity contribution in [2.45, 2.75) is 38.0 Å². The van der Waals surface area contributed by atoms with Gasteiger partial charge in [0.2, 0.25) is 0 Å². The summed E-state index contributed by atoms with van der Waals surface area (Å²) in [5.41, 5.74) is -0.332. The number of aromatic nitrogens is 2. The lowest BCUT2D eigenvalue weighted by molar-refractivity contribution is -0.136. The number of alkyl halides is 3. The maximum Gasteiger partial charge on any atom is 0.390 e. The van der Waals surface area contributed by atoms with Crippen molar-refractivity contribution in [1.82, 2.24) is 9.13 Å². The second-order valence-corrected chi connectivity index (χ2v) is 3.78. The molecule has 0 radical (unpaired) electrons. The van der Waals surface area contributed by atoms with Gasteiger partial charge in [-0.25, -0.2) is 4.79 Å². The van der Waals surface area contributed by atoms with Crippen molar-refractivity contribution in [3.8, 4) is 0 Å². The zero-order valence-electron chi connectivity index (χ0n) is 8.00. The fourth-order valence-electron chi connectivity index (χ4n) is 1.48. The smallest absolute Gasteiger partial charge is 0.299 e. The van der Waals surface area contributed by atoms with E-state index in [0.717, 1.165) is 17.4 Å². The lowest BCUT2D eigenvalue weighted by atomic mass is 10.4. The third-order valence-corrected chi connectivity index (χ3v) is 2.45. The van der Waals surface area contributed by atoms with Gasteiger partial charge in [-0.05, 0) is 12.8 Å². The number of aryl methyl sites for hydroxylation is 1. The summed E-state index contributed by atoms with van der Waals surface area (Å²) in [5.74, 6) is 0. The molecule has 0 saturated heterocycles. The van der Waals surface area contributed by atoms with E-state index in [9.17, 15) is 18.0 Å². The zero-order chi connectivity index (χ0) is 11.1. The second kappa shape index (κ2) is 3.43. The van der Waals surface area contributed by atoms with Gasteiger partial charge in [-0.15, -0.1) is 0 Å². The third-order valence-electron chi connectivity index (χ3n) is 2.45. The molecule has 2 rings (SSSR count). The van der Waals surface area contributed by atoms with E-state index in [0.29, 0.717) is 0 Å². The number of rotatable bonds is 3. The molecule has 0 aromatic carbocycles. The Morgan fingerprint density at radius 1 is 1.33 bits per heavy atom. The van der Waals surface area contributed by atoms with E-state index in [1.54, 1.807) is 6.20 Å². The molecule has 1 aliphatic rings. The van der Waals surface area contributed by atoms with Crippen LogP contribution in [-0.2, 0) is 6.54 Å². The van der Waals surface area contributed by atoms with Crippen molar-refractivity contribution in [2.24, 2.45) is 0 Å². The Hall–Kier alpha value is -1.20. The molecule has 3 nitrogen and oxygen atoms in total. The molecule has 84 valence electrons. The monoisotopic (exact) mass is 220 g/mol. The quantitative estimate of drug-likeness (QED) is 0.764. The summed E-state index contributed by atoms with van der Waals surface area (Å²) in [6.45, 7) is -0.290. The molecule has 0 amide bonds. The molecule has 1 fully saturated rings. The number of imidazole rings is 1. The van der Waals surface area contributed by atoms with Gasteiger partial charge < -0.3 is 0 Å². The summed E-state index contributed by atoms with van der Waals surface area (Å²) in [6.07, 6.45) is -0.280. The van der Waals surface area contributed by atoms with Crippen molar-refractivity contribution in [3.63, 3.8) is 0 Å². The van der Waals surface area contributed by atoms with Gasteiger partial charge in [0.1, 0.15) is 0 Å². The van der Waals surface area contributed by atoms with Crippen molar-refractivity contribution in [1.29, 1.82) is 0 Å². The third kappa shape index (κ3) is 2.43. The highest BCUT2D eigenvalue weighted by molar-refractivity contribution is 4.91. The molecular weight excluding hydrogens is 209 g/mol. The molecule has 1 saturated carbocycles. The fourth-order valence-corrected chi connectivity index (χ4v) is 1.48. The predicted molar refractivity (Wildman–Crippen MR) is 47.6 cm³/mol. The van der Waals surface area contributed by atoms with Crippen LogP contribution >= 0.6 is 0 Å². The largest absolute Gasteiger partial charge is 0.390 e. The van der Waals surface area contributed by atoms with Gasteiger partial charge in [0.25, 0.3) is 0 Å². The van der Waals surface area contributed by atoms with E-state index < -0.39 is 12.6 Å². The molecule has 15 heavy (non-hydrogen) atoms. The van der Waals surface area contributed by atoms with Crippen molar-refractivity contribution >= 4 is 0 Å². The van der Waals surface area contributed by atoms with Crippen molar-refractivity contribution in [3.05, 3.63) is 22.9 Å². The summed E-state index contributed by atoms with van der Waals surface area (Å²) in [7, 11) is 0. The highest BCUT2D eigenvalue weighted by atomic mass is 19.4. The van der Waals surface area contributed by atoms with Crippen LogP contribution in [-0.4, -0.2) is 15.3 Å². The van der Waals surface area contributed by atoms with Crippen LogP contribution in [0.25, 0.3) is 0 Å². The van der Waals surface area contributed by atoms with Crippen LogP contribution in [0.3, 0.4) is 0 Å². The van der Waals surface area contributed by atoms with Crippen molar-refractivity contribution < 1.29 is 13.2 Å². The first-order valence-electron chi connectivity index (χ1n) is 4.81.